The number of nitrogens with zero attached hydrogens (tertiary/aromatic N) is 1. The van der Waals surface area contributed by atoms with Crippen LogP contribution in [0.5, 0.6) is 0 Å². The van der Waals surface area contributed by atoms with E-state index in [9.17, 15) is 4.79 Å². The summed E-state index contributed by atoms with van der Waals surface area (Å²) in [4.78, 5) is 14.4. The van der Waals surface area contributed by atoms with Crippen LogP contribution in [0.1, 0.15) is 37.7 Å². The first-order chi connectivity index (χ1) is 11.2. The summed E-state index contributed by atoms with van der Waals surface area (Å²) in [7, 11) is 0. The fraction of sp³-hybridized carbons (Fsp3) is 0.611. The zero-order chi connectivity index (χ0) is 16.3. The standard InChI is InChI=1S/C18H27ClN2OS/c19-17-8-5-7-16(13-17)14-23-15-18(22)20-9-6-12-21-10-3-1-2-4-11-21/h5,7-8,13H,1-4,6,9-12,14-15H2,(H,20,22). The van der Waals surface area contributed by atoms with E-state index in [-0.39, 0.29) is 5.91 Å². The summed E-state index contributed by atoms with van der Waals surface area (Å²) in [6.07, 6.45) is 6.44. The van der Waals surface area contributed by atoms with E-state index in [1.807, 2.05) is 24.3 Å². The Morgan fingerprint density at radius 1 is 1.22 bits per heavy atom. The lowest BCUT2D eigenvalue weighted by molar-refractivity contribution is -0.118. The third-order valence-electron chi connectivity index (χ3n) is 4.06. The number of carbonyl (C=O) groups is 1. The second-order valence-corrected chi connectivity index (χ2v) is 7.50. The number of halogens is 1. The molecule has 1 fully saturated rings. The lowest BCUT2D eigenvalue weighted by atomic mass is 10.2. The van der Waals surface area contributed by atoms with Crippen molar-refractivity contribution in [3.8, 4) is 0 Å². The van der Waals surface area contributed by atoms with Crippen molar-refractivity contribution in [2.75, 3.05) is 31.9 Å². The Hall–Kier alpha value is -0.710. The van der Waals surface area contributed by atoms with Crippen LogP contribution in [0.25, 0.3) is 0 Å². The summed E-state index contributed by atoms with van der Waals surface area (Å²) in [5.74, 6) is 1.46. The van der Waals surface area contributed by atoms with Gasteiger partial charge >= 0.3 is 0 Å². The van der Waals surface area contributed by atoms with E-state index in [1.54, 1.807) is 11.8 Å². The molecule has 1 saturated heterocycles. The second-order valence-electron chi connectivity index (χ2n) is 6.08. The van der Waals surface area contributed by atoms with Crippen molar-refractivity contribution in [3.05, 3.63) is 34.9 Å². The maximum atomic E-state index is 11.8. The normalized spacial score (nSPS) is 16.0. The average Bonchev–Trinajstić information content (AvgIpc) is 2.80. The minimum atomic E-state index is 0.132. The summed E-state index contributed by atoms with van der Waals surface area (Å²) >= 11 is 7.58. The van der Waals surface area contributed by atoms with Crippen LogP contribution in [0.3, 0.4) is 0 Å². The van der Waals surface area contributed by atoms with Gasteiger partial charge in [-0.05, 0) is 56.6 Å². The van der Waals surface area contributed by atoms with Crippen molar-refractivity contribution < 1.29 is 4.79 Å². The van der Waals surface area contributed by atoms with Gasteiger partial charge in [0.05, 0.1) is 5.75 Å². The van der Waals surface area contributed by atoms with Gasteiger partial charge < -0.3 is 10.2 Å². The van der Waals surface area contributed by atoms with Crippen LogP contribution in [0, 0.1) is 0 Å². The molecule has 1 amide bonds. The van der Waals surface area contributed by atoms with Crippen LogP contribution in [0.4, 0.5) is 0 Å². The zero-order valence-electron chi connectivity index (χ0n) is 13.7. The van der Waals surface area contributed by atoms with Gasteiger partial charge in [-0.15, -0.1) is 11.8 Å². The molecule has 0 bridgehead atoms. The number of rotatable bonds is 8. The van der Waals surface area contributed by atoms with Crippen molar-refractivity contribution in [2.24, 2.45) is 0 Å². The lowest BCUT2D eigenvalue weighted by Crippen LogP contribution is -2.31. The van der Waals surface area contributed by atoms with E-state index in [1.165, 1.54) is 38.8 Å². The van der Waals surface area contributed by atoms with Gasteiger partial charge in [-0.3, -0.25) is 4.79 Å². The van der Waals surface area contributed by atoms with E-state index >= 15 is 0 Å². The number of nitrogens with one attached hydrogen (secondary N) is 1. The molecule has 1 heterocycles. The lowest BCUT2D eigenvalue weighted by Gasteiger charge is -2.19. The maximum absolute atomic E-state index is 11.8. The molecular formula is C18H27ClN2OS. The molecule has 1 N–H and O–H groups in total. The van der Waals surface area contributed by atoms with Crippen molar-refractivity contribution in [1.29, 1.82) is 0 Å². The molecule has 0 saturated carbocycles. The van der Waals surface area contributed by atoms with Crippen molar-refractivity contribution in [2.45, 2.75) is 37.9 Å². The molecule has 0 atom stereocenters. The zero-order valence-corrected chi connectivity index (χ0v) is 15.3. The fourth-order valence-corrected chi connectivity index (χ4v) is 3.85. The highest BCUT2D eigenvalue weighted by atomic mass is 35.5. The van der Waals surface area contributed by atoms with Gasteiger partial charge in [0.1, 0.15) is 0 Å². The van der Waals surface area contributed by atoms with Crippen LogP contribution in [-0.4, -0.2) is 42.7 Å². The molecule has 5 heteroatoms. The quantitative estimate of drug-likeness (QED) is 0.717. The summed E-state index contributed by atoms with van der Waals surface area (Å²) in [6.45, 7) is 4.34. The highest BCUT2D eigenvalue weighted by molar-refractivity contribution is 7.99. The minimum Gasteiger partial charge on any atom is -0.355 e. The van der Waals surface area contributed by atoms with Gasteiger partial charge in [-0.2, -0.15) is 0 Å². The Kier molecular flexibility index (Phi) is 8.87. The number of likely N-dealkylation sites (tertiary alicyclic amines) is 1. The van der Waals surface area contributed by atoms with E-state index in [0.717, 1.165) is 35.8 Å². The highest BCUT2D eigenvalue weighted by Gasteiger charge is 2.08. The number of amides is 1. The van der Waals surface area contributed by atoms with Gasteiger partial charge in [-0.25, -0.2) is 0 Å². The first-order valence-corrected chi connectivity index (χ1v) is 10.1. The van der Waals surface area contributed by atoms with Crippen LogP contribution in [-0.2, 0) is 10.5 Å². The van der Waals surface area contributed by atoms with Crippen LogP contribution < -0.4 is 5.32 Å². The molecule has 23 heavy (non-hydrogen) atoms. The van der Waals surface area contributed by atoms with Gasteiger partial charge in [0.25, 0.3) is 0 Å². The first kappa shape index (κ1) is 18.6. The summed E-state index contributed by atoms with van der Waals surface area (Å²) in [6, 6.07) is 7.81. The molecule has 128 valence electrons. The molecule has 0 spiro atoms. The third kappa shape index (κ3) is 8.09. The fourth-order valence-electron chi connectivity index (χ4n) is 2.83. The van der Waals surface area contributed by atoms with Crippen molar-refractivity contribution >= 4 is 29.3 Å². The van der Waals surface area contributed by atoms with E-state index < -0.39 is 0 Å². The summed E-state index contributed by atoms with van der Waals surface area (Å²) in [5.41, 5.74) is 1.16. The Labute approximate surface area is 149 Å². The molecule has 1 aliphatic heterocycles. The van der Waals surface area contributed by atoms with Crippen LogP contribution >= 0.6 is 23.4 Å². The first-order valence-electron chi connectivity index (χ1n) is 8.55. The average molecular weight is 355 g/mol. The van der Waals surface area contributed by atoms with Crippen molar-refractivity contribution in [3.63, 3.8) is 0 Å². The molecule has 1 aromatic rings. The number of benzene rings is 1. The molecule has 3 nitrogen and oxygen atoms in total. The van der Waals surface area contributed by atoms with Gasteiger partial charge in [0.2, 0.25) is 5.91 Å². The molecule has 0 unspecified atom stereocenters. The molecular weight excluding hydrogens is 328 g/mol. The molecule has 0 radical (unpaired) electrons. The number of thioether (sulfide) groups is 1. The summed E-state index contributed by atoms with van der Waals surface area (Å²) in [5, 5.41) is 3.77. The van der Waals surface area contributed by atoms with Crippen LogP contribution in [0.2, 0.25) is 5.02 Å². The van der Waals surface area contributed by atoms with Gasteiger partial charge in [0.15, 0.2) is 0 Å². The van der Waals surface area contributed by atoms with Crippen LogP contribution in [0.15, 0.2) is 24.3 Å². The Morgan fingerprint density at radius 3 is 2.74 bits per heavy atom. The predicted molar refractivity (Wildman–Crippen MR) is 100 cm³/mol. The van der Waals surface area contributed by atoms with Crippen molar-refractivity contribution in [1.82, 2.24) is 10.2 Å². The monoisotopic (exact) mass is 354 g/mol. The van der Waals surface area contributed by atoms with Gasteiger partial charge in [0, 0.05) is 17.3 Å². The topological polar surface area (TPSA) is 32.3 Å². The Morgan fingerprint density at radius 2 is 2.00 bits per heavy atom. The van der Waals surface area contributed by atoms with E-state index in [0.29, 0.717) is 5.75 Å². The molecule has 0 aliphatic carbocycles. The summed E-state index contributed by atoms with van der Waals surface area (Å²) < 4.78 is 0. The largest absolute Gasteiger partial charge is 0.355 e. The number of hydrogen-bond donors (Lipinski definition) is 1. The Balaban J connectivity index is 1.51. The minimum absolute atomic E-state index is 0.132. The molecule has 1 aromatic carbocycles. The van der Waals surface area contributed by atoms with E-state index in [2.05, 4.69) is 10.2 Å². The number of carbonyl (C=O) groups excluding carboxylic acids is 1. The molecule has 2 rings (SSSR count). The SMILES string of the molecule is O=C(CSCc1cccc(Cl)c1)NCCCN1CCCCCC1. The number of hydrogen-bond acceptors (Lipinski definition) is 3. The smallest absolute Gasteiger partial charge is 0.230 e. The molecule has 1 aliphatic rings. The second kappa shape index (κ2) is 11.0. The molecule has 0 aromatic heterocycles. The Bertz CT molecular complexity index is 476. The van der Waals surface area contributed by atoms with E-state index in [4.69, 9.17) is 11.6 Å². The maximum Gasteiger partial charge on any atom is 0.230 e. The third-order valence-corrected chi connectivity index (χ3v) is 5.30. The highest BCUT2D eigenvalue weighted by Crippen LogP contribution is 2.16. The predicted octanol–water partition coefficient (Wildman–Crippen LogP) is 3.96. The van der Waals surface area contributed by atoms with Gasteiger partial charge in [-0.1, -0.05) is 36.6 Å².